The number of ether oxygens (including phenoxy) is 1. The number of carbonyl (C=O) groups excluding carboxylic acids is 2. The van der Waals surface area contributed by atoms with Gasteiger partial charge in [-0.15, -0.1) is 13.2 Å². The first-order valence-electron chi connectivity index (χ1n) is 13.8. The van der Waals surface area contributed by atoms with Crippen LogP contribution in [0.4, 0.5) is 29.3 Å². The molecular formula is C31H29F3N6O3S. The van der Waals surface area contributed by atoms with Gasteiger partial charge in [-0.05, 0) is 78.4 Å². The second-order valence-corrected chi connectivity index (χ2v) is 11.4. The van der Waals surface area contributed by atoms with Gasteiger partial charge in [0.1, 0.15) is 12.1 Å². The first-order chi connectivity index (χ1) is 20.9. The molecule has 0 unspecified atom stereocenters. The van der Waals surface area contributed by atoms with Crippen molar-refractivity contribution in [1.29, 1.82) is 0 Å². The summed E-state index contributed by atoms with van der Waals surface area (Å²) in [7, 11) is 0. The van der Waals surface area contributed by atoms with Crippen LogP contribution in [0, 0.1) is 6.92 Å². The van der Waals surface area contributed by atoms with Crippen molar-refractivity contribution in [3.63, 3.8) is 0 Å². The molecule has 0 spiro atoms. The van der Waals surface area contributed by atoms with Crippen LogP contribution in [0.2, 0.25) is 0 Å². The van der Waals surface area contributed by atoms with Gasteiger partial charge in [0.05, 0.1) is 11.4 Å². The molecule has 0 atom stereocenters. The predicted octanol–water partition coefficient (Wildman–Crippen LogP) is 7.19. The van der Waals surface area contributed by atoms with Crippen LogP contribution >= 0.6 is 11.8 Å². The Kier molecular flexibility index (Phi) is 9.04. The van der Waals surface area contributed by atoms with Crippen molar-refractivity contribution in [3.8, 4) is 17.1 Å². The number of alkyl halides is 3. The van der Waals surface area contributed by atoms with Gasteiger partial charge in [0.2, 0.25) is 5.91 Å². The molecule has 1 aliphatic rings. The Morgan fingerprint density at radius 3 is 2.50 bits per heavy atom. The number of thioether (sulfide) groups is 1. The zero-order valence-corrected chi connectivity index (χ0v) is 24.9. The Hall–Kier alpha value is -4.65. The van der Waals surface area contributed by atoms with Crippen LogP contribution in [-0.4, -0.2) is 44.0 Å². The fourth-order valence-electron chi connectivity index (χ4n) is 4.59. The zero-order chi connectivity index (χ0) is 31.4. The minimum absolute atomic E-state index is 0.126. The highest BCUT2D eigenvalue weighted by Crippen LogP contribution is 2.34. The molecule has 1 fully saturated rings. The number of carbonyl (C=O) groups is 2. The Labute approximate surface area is 256 Å². The van der Waals surface area contributed by atoms with Gasteiger partial charge >= 0.3 is 12.4 Å². The van der Waals surface area contributed by atoms with E-state index in [-0.39, 0.29) is 23.3 Å². The maximum atomic E-state index is 12.8. The van der Waals surface area contributed by atoms with Gasteiger partial charge in [-0.2, -0.15) is 10.1 Å². The van der Waals surface area contributed by atoms with Crippen molar-refractivity contribution >= 4 is 40.2 Å². The quantitative estimate of drug-likeness (QED) is 0.223. The molecule has 13 heteroatoms. The molecule has 5 rings (SSSR count). The Morgan fingerprint density at radius 2 is 1.82 bits per heavy atom. The van der Waals surface area contributed by atoms with Crippen LogP contribution in [0.25, 0.3) is 11.4 Å². The van der Waals surface area contributed by atoms with Crippen LogP contribution in [0.3, 0.4) is 0 Å². The molecule has 1 aromatic heterocycles. The van der Waals surface area contributed by atoms with E-state index in [0.717, 1.165) is 27.9 Å². The molecule has 1 saturated heterocycles. The maximum Gasteiger partial charge on any atom is 0.573 e. The highest BCUT2D eigenvalue weighted by Gasteiger charge is 2.33. The lowest BCUT2D eigenvalue weighted by Gasteiger charge is -2.22. The fourth-order valence-corrected chi connectivity index (χ4v) is 5.45. The SMILES string of the molecule is Cc1ccc(C(C)C)c(N2C(=O)CSC2=NC(=O)Nc2ccc(-c3ncn(CCc4ccc(OC(F)(F)F)cc4)n3)cc2)c1. The van der Waals surface area contributed by atoms with E-state index >= 15 is 0 Å². The van der Waals surface area contributed by atoms with Crippen LogP contribution < -0.4 is 15.0 Å². The summed E-state index contributed by atoms with van der Waals surface area (Å²) in [4.78, 5) is 35.7. The van der Waals surface area contributed by atoms with E-state index in [1.54, 1.807) is 47.4 Å². The number of halogens is 3. The highest BCUT2D eigenvalue weighted by molar-refractivity contribution is 8.15. The van der Waals surface area contributed by atoms with E-state index in [9.17, 15) is 22.8 Å². The number of amides is 3. The van der Waals surface area contributed by atoms with E-state index < -0.39 is 12.4 Å². The third-order valence-corrected chi connectivity index (χ3v) is 7.65. The largest absolute Gasteiger partial charge is 0.573 e. The van der Waals surface area contributed by atoms with Gasteiger partial charge in [0.15, 0.2) is 11.0 Å². The average molecular weight is 623 g/mol. The maximum absolute atomic E-state index is 12.8. The fraction of sp³-hybridized carbons (Fsp3) is 0.258. The topological polar surface area (TPSA) is 102 Å². The first kappa shape index (κ1) is 30.8. The van der Waals surface area contributed by atoms with E-state index in [2.05, 4.69) is 39.0 Å². The molecule has 4 aromatic rings. The van der Waals surface area contributed by atoms with Gasteiger partial charge in [-0.3, -0.25) is 14.4 Å². The van der Waals surface area contributed by atoms with Gasteiger partial charge in [-0.1, -0.05) is 49.9 Å². The van der Waals surface area contributed by atoms with Gasteiger partial charge in [-0.25, -0.2) is 9.78 Å². The van der Waals surface area contributed by atoms with E-state index in [0.29, 0.717) is 29.6 Å². The summed E-state index contributed by atoms with van der Waals surface area (Å²) in [6.07, 6.45) is -2.62. The monoisotopic (exact) mass is 622 g/mol. The summed E-state index contributed by atoms with van der Waals surface area (Å²) < 4.78 is 42.6. The molecule has 44 heavy (non-hydrogen) atoms. The first-order valence-corrected chi connectivity index (χ1v) is 14.7. The second kappa shape index (κ2) is 12.9. The lowest BCUT2D eigenvalue weighted by Crippen LogP contribution is -2.31. The number of urea groups is 1. The normalized spacial score (nSPS) is 14.5. The number of nitrogens with one attached hydrogen (secondary N) is 1. The molecule has 0 saturated carbocycles. The summed E-state index contributed by atoms with van der Waals surface area (Å²) >= 11 is 1.23. The van der Waals surface area contributed by atoms with Gasteiger partial charge < -0.3 is 10.1 Å². The lowest BCUT2D eigenvalue weighted by molar-refractivity contribution is -0.274. The molecule has 9 nitrogen and oxygen atoms in total. The summed E-state index contributed by atoms with van der Waals surface area (Å²) in [6.45, 7) is 6.53. The Bertz CT molecular complexity index is 1690. The third kappa shape index (κ3) is 7.64. The number of aromatic nitrogens is 3. The summed E-state index contributed by atoms with van der Waals surface area (Å²) in [5.41, 5.74) is 4.81. The molecule has 3 amide bonds. The Balaban J connectivity index is 1.20. The van der Waals surface area contributed by atoms with Crippen LogP contribution in [0.15, 0.2) is 78.0 Å². The van der Waals surface area contributed by atoms with Crippen LogP contribution in [-0.2, 0) is 17.8 Å². The number of anilines is 2. The van der Waals surface area contributed by atoms with Crippen LogP contribution in [0.1, 0.15) is 36.5 Å². The van der Waals surface area contributed by atoms with Crippen molar-refractivity contribution in [1.82, 2.24) is 14.8 Å². The number of hydrogen-bond acceptors (Lipinski definition) is 6. The van der Waals surface area contributed by atoms with Gasteiger partial charge in [0, 0.05) is 17.8 Å². The molecular weight excluding hydrogens is 593 g/mol. The highest BCUT2D eigenvalue weighted by atomic mass is 32.2. The molecule has 0 bridgehead atoms. The van der Waals surface area contributed by atoms with Crippen molar-refractivity contribution in [2.45, 2.75) is 46.0 Å². The summed E-state index contributed by atoms with van der Waals surface area (Å²) in [6, 6.07) is 18.0. The number of nitrogens with zero attached hydrogens (tertiary/aromatic N) is 5. The van der Waals surface area contributed by atoms with E-state index in [1.807, 2.05) is 25.1 Å². The molecule has 3 aromatic carbocycles. The lowest BCUT2D eigenvalue weighted by atomic mass is 9.99. The number of hydrogen-bond donors (Lipinski definition) is 1. The zero-order valence-electron chi connectivity index (χ0n) is 24.1. The van der Waals surface area contributed by atoms with Crippen molar-refractivity contribution in [3.05, 3.63) is 89.7 Å². The van der Waals surface area contributed by atoms with Crippen LogP contribution in [0.5, 0.6) is 5.75 Å². The molecule has 228 valence electrons. The minimum atomic E-state index is -4.73. The van der Waals surface area contributed by atoms with Crippen molar-refractivity contribution < 1.29 is 27.5 Å². The van der Waals surface area contributed by atoms with Crippen molar-refractivity contribution in [2.75, 3.05) is 16.0 Å². The van der Waals surface area contributed by atoms with Crippen molar-refractivity contribution in [2.24, 2.45) is 4.99 Å². The minimum Gasteiger partial charge on any atom is -0.406 e. The second-order valence-electron chi connectivity index (χ2n) is 10.4. The molecule has 1 N–H and O–H groups in total. The predicted molar refractivity (Wildman–Crippen MR) is 164 cm³/mol. The average Bonchev–Trinajstić information content (AvgIpc) is 3.58. The number of rotatable bonds is 8. The molecule has 2 heterocycles. The summed E-state index contributed by atoms with van der Waals surface area (Å²) in [5.74, 6) is 0.468. The van der Waals surface area contributed by atoms with E-state index in [1.165, 1.54) is 28.8 Å². The number of benzene rings is 3. The third-order valence-electron chi connectivity index (χ3n) is 6.73. The number of amidine groups is 1. The molecule has 0 aliphatic carbocycles. The number of aryl methyl sites for hydroxylation is 3. The number of aliphatic imine (C=N–C) groups is 1. The summed E-state index contributed by atoms with van der Waals surface area (Å²) in [5, 5.41) is 7.55. The smallest absolute Gasteiger partial charge is 0.406 e. The van der Waals surface area contributed by atoms with E-state index in [4.69, 9.17) is 0 Å². The Morgan fingerprint density at radius 1 is 1.09 bits per heavy atom. The van der Waals surface area contributed by atoms with Gasteiger partial charge in [0.25, 0.3) is 0 Å². The standard InChI is InChI=1S/C31H29F3N6O3S/c1-19(2)25-13-4-20(3)16-26(25)40-27(41)17-44-30(40)37-29(42)36-23-9-7-22(8-10-23)28-35-18-39(38-28)15-14-21-5-11-24(12-6-21)43-31(32,33)34/h4-13,16,18-19H,14-15,17H2,1-3H3,(H,36,42). The molecule has 1 aliphatic heterocycles. The molecule has 0 radical (unpaired) electrons.